The van der Waals surface area contributed by atoms with Crippen LogP contribution in [0, 0.1) is 12.7 Å². The van der Waals surface area contributed by atoms with E-state index in [4.69, 9.17) is 10.5 Å². The molecule has 0 fully saturated rings. The fourth-order valence-electron chi connectivity index (χ4n) is 1.57. The van der Waals surface area contributed by atoms with E-state index in [2.05, 4.69) is 26.0 Å². The van der Waals surface area contributed by atoms with E-state index in [1.807, 2.05) is 6.92 Å². The number of benzene rings is 1. The van der Waals surface area contributed by atoms with E-state index in [0.29, 0.717) is 10.0 Å². The second-order valence-electron chi connectivity index (χ2n) is 3.85. The number of aryl methyl sites for hydroxylation is 1. The van der Waals surface area contributed by atoms with Crippen LogP contribution in [0.1, 0.15) is 11.3 Å². The summed E-state index contributed by atoms with van der Waals surface area (Å²) in [6.07, 6.45) is 3.17. The molecule has 0 unspecified atom stereocenters. The van der Waals surface area contributed by atoms with E-state index in [9.17, 15) is 4.39 Å². The Hall–Kier alpha value is -1.89. The number of anilines is 1. The maximum atomic E-state index is 13.7. The number of imidazole rings is 1. The lowest BCUT2D eigenvalue weighted by Gasteiger charge is -2.05. The largest absolute Gasteiger partial charge is 0.492 e. The molecule has 0 amide bonds. The highest BCUT2D eigenvalue weighted by Crippen LogP contribution is 2.28. The van der Waals surface area contributed by atoms with Gasteiger partial charge >= 0.3 is 0 Å². The summed E-state index contributed by atoms with van der Waals surface area (Å²) in [7, 11) is 1.41. The standard InChI is InChI=1S/C12H12BrFN4O/c1-7-6-18(12(15)17-7)16-5-8-3-9(13)11(19-2)10(14)4-8/h3-6H,1-2H3,(H2,15,17). The van der Waals surface area contributed by atoms with Crippen molar-refractivity contribution >= 4 is 28.1 Å². The zero-order chi connectivity index (χ0) is 14.0. The van der Waals surface area contributed by atoms with Gasteiger partial charge < -0.3 is 10.5 Å². The van der Waals surface area contributed by atoms with Gasteiger partial charge in [0.15, 0.2) is 11.6 Å². The Morgan fingerprint density at radius 2 is 2.26 bits per heavy atom. The van der Waals surface area contributed by atoms with E-state index in [1.165, 1.54) is 24.1 Å². The molecule has 0 atom stereocenters. The minimum Gasteiger partial charge on any atom is -0.492 e. The summed E-state index contributed by atoms with van der Waals surface area (Å²) in [6.45, 7) is 1.81. The first-order valence-corrected chi connectivity index (χ1v) is 6.19. The van der Waals surface area contributed by atoms with Gasteiger partial charge in [0.05, 0.1) is 29.7 Å². The van der Waals surface area contributed by atoms with Crippen molar-refractivity contribution in [2.45, 2.75) is 6.92 Å². The summed E-state index contributed by atoms with van der Waals surface area (Å²) in [5.74, 6) is -0.0231. The van der Waals surface area contributed by atoms with Crippen LogP contribution < -0.4 is 10.5 Å². The lowest BCUT2D eigenvalue weighted by Crippen LogP contribution is -1.98. The van der Waals surface area contributed by atoms with Crippen LogP contribution in [-0.4, -0.2) is 23.0 Å². The van der Waals surface area contributed by atoms with Crippen molar-refractivity contribution in [2.24, 2.45) is 5.10 Å². The van der Waals surface area contributed by atoms with Crippen LogP contribution >= 0.6 is 15.9 Å². The van der Waals surface area contributed by atoms with Crippen LogP contribution in [0.4, 0.5) is 10.3 Å². The van der Waals surface area contributed by atoms with Crippen LogP contribution in [-0.2, 0) is 0 Å². The van der Waals surface area contributed by atoms with Crippen molar-refractivity contribution in [1.82, 2.24) is 9.66 Å². The maximum absolute atomic E-state index is 13.7. The molecule has 19 heavy (non-hydrogen) atoms. The molecule has 1 aromatic carbocycles. The minimum atomic E-state index is -0.465. The third-order valence-corrected chi connectivity index (χ3v) is 2.98. The molecular formula is C12H12BrFN4O. The van der Waals surface area contributed by atoms with Gasteiger partial charge in [-0.05, 0) is 40.5 Å². The van der Waals surface area contributed by atoms with Crippen molar-refractivity contribution in [3.8, 4) is 5.75 Å². The van der Waals surface area contributed by atoms with Crippen LogP contribution in [0.15, 0.2) is 27.9 Å². The molecule has 7 heteroatoms. The van der Waals surface area contributed by atoms with Crippen molar-refractivity contribution in [3.63, 3.8) is 0 Å². The van der Waals surface area contributed by atoms with Crippen molar-refractivity contribution in [2.75, 3.05) is 12.8 Å². The Kier molecular flexibility index (Phi) is 3.84. The number of nitrogens with zero attached hydrogens (tertiary/aromatic N) is 3. The highest BCUT2D eigenvalue weighted by Gasteiger charge is 2.08. The summed E-state index contributed by atoms with van der Waals surface area (Å²) in [6, 6.07) is 3.03. The summed E-state index contributed by atoms with van der Waals surface area (Å²) in [4.78, 5) is 4.01. The number of methoxy groups -OCH3 is 1. The minimum absolute atomic E-state index is 0.162. The van der Waals surface area contributed by atoms with Gasteiger partial charge in [-0.25, -0.2) is 14.1 Å². The number of hydrogen-bond acceptors (Lipinski definition) is 4. The Bertz CT molecular complexity index is 616. The number of nitrogen functional groups attached to an aromatic ring is 1. The molecule has 2 aromatic rings. The van der Waals surface area contributed by atoms with Crippen LogP contribution in [0.2, 0.25) is 0 Å². The predicted molar refractivity (Wildman–Crippen MR) is 75.0 cm³/mol. The first-order valence-electron chi connectivity index (χ1n) is 5.40. The SMILES string of the molecule is COc1c(F)cc(C=Nn2cc(C)nc2N)cc1Br. The average Bonchev–Trinajstić information content (AvgIpc) is 2.65. The van der Waals surface area contributed by atoms with E-state index in [0.717, 1.165) is 5.69 Å². The summed E-state index contributed by atoms with van der Waals surface area (Å²) in [5.41, 5.74) is 6.99. The molecule has 100 valence electrons. The lowest BCUT2D eigenvalue weighted by molar-refractivity contribution is 0.384. The van der Waals surface area contributed by atoms with Gasteiger partial charge in [-0.3, -0.25) is 0 Å². The van der Waals surface area contributed by atoms with Crippen LogP contribution in [0.3, 0.4) is 0 Å². The summed E-state index contributed by atoms with van der Waals surface area (Å²) < 4.78 is 20.5. The number of rotatable bonds is 3. The molecule has 1 heterocycles. The van der Waals surface area contributed by atoms with Gasteiger partial charge in [-0.15, -0.1) is 0 Å². The maximum Gasteiger partial charge on any atom is 0.221 e. The van der Waals surface area contributed by atoms with Crippen LogP contribution in [0.25, 0.3) is 0 Å². The molecule has 2 rings (SSSR count). The third-order valence-electron chi connectivity index (χ3n) is 2.39. The smallest absolute Gasteiger partial charge is 0.221 e. The first kappa shape index (κ1) is 13.5. The Morgan fingerprint density at radius 1 is 1.53 bits per heavy atom. The number of ether oxygens (including phenoxy) is 1. The van der Waals surface area contributed by atoms with Gasteiger partial charge in [-0.1, -0.05) is 0 Å². The molecule has 0 spiro atoms. The Labute approximate surface area is 118 Å². The fraction of sp³-hybridized carbons (Fsp3) is 0.167. The summed E-state index contributed by atoms with van der Waals surface area (Å²) >= 11 is 3.23. The molecule has 0 saturated carbocycles. The molecular weight excluding hydrogens is 315 g/mol. The average molecular weight is 327 g/mol. The second-order valence-corrected chi connectivity index (χ2v) is 4.70. The molecule has 1 aromatic heterocycles. The quantitative estimate of drug-likeness (QED) is 0.881. The molecule has 2 N–H and O–H groups in total. The molecule has 0 aliphatic carbocycles. The number of aromatic nitrogens is 2. The van der Waals surface area contributed by atoms with Gasteiger partial charge in [0, 0.05) is 0 Å². The van der Waals surface area contributed by atoms with Gasteiger partial charge in [0.25, 0.3) is 0 Å². The normalized spacial score (nSPS) is 11.2. The van der Waals surface area contributed by atoms with E-state index in [-0.39, 0.29) is 11.7 Å². The topological polar surface area (TPSA) is 65.4 Å². The molecule has 0 aliphatic rings. The number of nitrogens with two attached hydrogens (primary N) is 1. The third kappa shape index (κ3) is 2.93. The highest BCUT2D eigenvalue weighted by atomic mass is 79.9. The van der Waals surface area contributed by atoms with E-state index in [1.54, 1.807) is 12.3 Å². The Morgan fingerprint density at radius 3 is 2.79 bits per heavy atom. The van der Waals surface area contributed by atoms with Crippen LogP contribution in [0.5, 0.6) is 5.75 Å². The monoisotopic (exact) mass is 326 g/mol. The van der Waals surface area contributed by atoms with Crippen molar-refractivity contribution in [1.29, 1.82) is 0 Å². The highest BCUT2D eigenvalue weighted by molar-refractivity contribution is 9.10. The molecule has 0 saturated heterocycles. The van der Waals surface area contributed by atoms with Crippen molar-refractivity contribution < 1.29 is 9.13 Å². The van der Waals surface area contributed by atoms with Gasteiger partial charge in [0.2, 0.25) is 5.95 Å². The van der Waals surface area contributed by atoms with E-state index < -0.39 is 5.82 Å². The van der Waals surface area contributed by atoms with Gasteiger partial charge in [0.1, 0.15) is 0 Å². The zero-order valence-electron chi connectivity index (χ0n) is 10.4. The first-order chi connectivity index (χ1) is 9.01. The number of halogens is 2. The molecule has 5 nitrogen and oxygen atoms in total. The Balaban J connectivity index is 2.31. The van der Waals surface area contributed by atoms with E-state index >= 15 is 0 Å². The predicted octanol–water partition coefficient (Wildman–Crippen LogP) is 2.57. The second kappa shape index (κ2) is 5.40. The van der Waals surface area contributed by atoms with Crippen molar-refractivity contribution in [3.05, 3.63) is 39.9 Å². The molecule has 0 bridgehead atoms. The fourth-order valence-corrected chi connectivity index (χ4v) is 2.19. The van der Waals surface area contributed by atoms with Gasteiger partial charge in [-0.2, -0.15) is 5.10 Å². The molecule has 0 aliphatic heterocycles. The summed E-state index contributed by atoms with van der Waals surface area (Å²) in [5, 5.41) is 4.11. The zero-order valence-corrected chi connectivity index (χ0v) is 12.0. The molecule has 0 radical (unpaired) electrons. The number of hydrogen-bond donors (Lipinski definition) is 1. The lowest BCUT2D eigenvalue weighted by atomic mass is 10.2.